The molecule has 1 aromatic carbocycles. The molecule has 0 radical (unpaired) electrons. The summed E-state index contributed by atoms with van der Waals surface area (Å²) in [5.74, 6) is -0.680. The lowest BCUT2D eigenvalue weighted by molar-refractivity contribution is -0.156. The molecular formula is C16H23NO3. The molecule has 0 unspecified atom stereocenters. The van der Waals surface area contributed by atoms with E-state index in [1.54, 1.807) is 33.8 Å². The van der Waals surface area contributed by atoms with Gasteiger partial charge in [-0.2, -0.15) is 0 Å². The number of nitrogens with one attached hydrogen (secondary N) is 1. The number of carbonyl (C=O) groups excluding carboxylic acids is 2. The summed E-state index contributed by atoms with van der Waals surface area (Å²) in [4.78, 5) is 24.0. The first kappa shape index (κ1) is 16.2. The third-order valence-corrected chi connectivity index (χ3v) is 2.75. The standard InChI is InChI=1S/C16H23NO3/c1-6-12-9-7-8-10-13(12)14(18)17-11(2)15(19)20-16(3,4)5/h7-11H,6H2,1-5H3,(H,17,18)/t11-/m1/s1. The van der Waals surface area contributed by atoms with Crippen LogP contribution in [0.15, 0.2) is 24.3 Å². The minimum absolute atomic E-state index is 0.249. The van der Waals surface area contributed by atoms with Crippen LogP contribution in [0.25, 0.3) is 0 Å². The van der Waals surface area contributed by atoms with Gasteiger partial charge in [0.15, 0.2) is 0 Å². The molecule has 1 amide bonds. The highest BCUT2D eigenvalue weighted by molar-refractivity contribution is 5.97. The molecule has 0 heterocycles. The number of ether oxygens (including phenoxy) is 1. The van der Waals surface area contributed by atoms with Crippen LogP contribution >= 0.6 is 0 Å². The minimum Gasteiger partial charge on any atom is -0.458 e. The lowest BCUT2D eigenvalue weighted by Crippen LogP contribution is -2.42. The lowest BCUT2D eigenvalue weighted by atomic mass is 10.0. The number of benzene rings is 1. The Morgan fingerprint density at radius 3 is 2.40 bits per heavy atom. The second-order valence-electron chi connectivity index (χ2n) is 5.74. The van der Waals surface area contributed by atoms with Gasteiger partial charge in [0.1, 0.15) is 11.6 Å². The van der Waals surface area contributed by atoms with Crippen molar-refractivity contribution in [3.05, 3.63) is 35.4 Å². The average Bonchev–Trinajstić information content (AvgIpc) is 2.36. The van der Waals surface area contributed by atoms with Gasteiger partial charge in [0.2, 0.25) is 0 Å². The summed E-state index contributed by atoms with van der Waals surface area (Å²) < 4.78 is 5.24. The molecule has 110 valence electrons. The molecule has 0 fully saturated rings. The van der Waals surface area contributed by atoms with E-state index in [0.29, 0.717) is 5.56 Å². The van der Waals surface area contributed by atoms with Crippen LogP contribution in [0.1, 0.15) is 50.5 Å². The smallest absolute Gasteiger partial charge is 0.328 e. The molecule has 0 spiro atoms. The minimum atomic E-state index is -0.674. The number of hydrogen-bond acceptors (Lipinski definition) is 3. The fourth-order valence-electron chi connectivity index (χ4n) is 1.77. The average molecular weight is 277 g/mol. The fourth-order valence-corrected chi connectivity index (χ4v) is 1.77. The van der Waals surface area contributed by atoms with Gasteiger partial charge in [-0.25, -0.2) is 4.79 Å². The van der Waals surface area contributed by atoms with Crippen molar-refractivity contribution in [3.63, 3.8) is 0 Å². The van der Waals surface area contributed by atoms with Gasteiger partial charge < -0.3 is 10.1 Å². The zero-order valence-electron chi connectivity index (χ0n) is 12.8. The van der Waals surface area contributed by atoms with Gasteiger partial charge in [-0.15, -0.1) is 0 Å². The Labute approximate surface area is 120 Å². The van der Waals surface area contributed by atoms with E-state index < -0.39 is 17.6 Å². The summed E-state index contributed by atoms with van der Waals surface area (Å²) >= 11 is 0. The van der Waals surface area contributed by atoms with E-state index in [2.05, 4.69) is 5.32 Å². The summed E-state index contributed by atoms with van der Waals surface area (Å²) in [6.45, 7) is 9.01. The van der Waals surface area contributed by atoms with Gasteiger partial charge >= 0.3 is 5.97 Å². The fraction of sp³-hybridized carbons (Fsp3) is 0.500. The Bertz CT molecular complexity index is 489. The normalized spacial score (nSPS) is 12.7. The highest BCUT2D eigenvalue weighted by Crippen LogP contribution is 2.11. The van der Waals surface area contributed by atoms with Crippen molar-refractivity contribution < 1.29 is 14.3 Å². The van der Waals surface area contributed by atoms with Crippen molar-refractivity contribution >= 4 is 11.9 Å². The molecule has 4 nitrogen and oxygen atoms in total. The maximum Gasteiger partial charge on any atom is 0.328 e. The highest BCUT2D eigenvalue weighted by Gasteiger charge is 2.23. The molecule has 0 saturated heterocycles. The lowest BCUT2D eigenvalue weighted by Gasteiger charge is -2.22. The van der Waals surface area contributed by atoms with Crippen LogP contribution < -0.4 is 5.32 Å². The maximum atomic E-state index is 12.2. The number of amides is 1. The number of rotatable bonds is 4. The number of carbonyl (C=O) groups is 2. The van der Waals surface area contributed by atoms with Crippen LogP contribution in [0.4, 0.5) is 0 Å². The zero-order chi connectivity index (χ0) is 15.3. The number of esters is 1. The molecule has 0 aliphatic carbocycles. The first-order chi connectivity index (χ1) is 9.24. The van der Waals surface area contributed by atoms with Crippen molar-refractivity contribution in [3.8, 4) is 0 Å². The summed E-state index contributed by atoms with van der Waals surface area (Å²) in [5, 5.41) is 2.68. The molecule has 0 aliphatic heterocycles. The van der Waals surface area contributed by atoms with Gasteiger partial charge in [-0.3, -0.25) is 4.79 Å². The topological polar surface area (TPSA) is 55.4 Å². The summed E-state index contributed by atoms with van der Waals surface area (Å²) in [6.07, 6.45) is 0.768. The van der Waals surface area contributed by atoms with Crippen LogP contribution in [0, 0.1) is 0 Å². The third-order valence-electron chi connectivity index (χ3n) is 2.75. The zero-order valence-corrected chi connectivity index (χ0v) is 12.8. The van der Waals surface area contributed by atoms with Crippen molar-refractivity contribution in [1.82, 2.24) is 5.32 Å². The quantitative estimate of drug-likeness (QED) is 0.861. The second kappa shape index (κ2) is 6.55. The predicted octanol–water partition coefficient (Wildman–Crippen LogP) is 2.71. The molecular weight excluding hydrogens is 254 g/mol. The Morgan fingerprint density at radius 2 is 1.85 bits per heavy atom. The predicted molar refractivity (Wildman–Crippen MR) is 78.6 cm³/mol. The molecule has 0 saturated carbocycles. The Hall–Kier alpha value is -1.84. The number of hydrogen-bond donors (Lipinski definition) is 1. The van der Waals surface area contributed by atoms with Crippen molar-refractivity contribution in [1.29, 1.82) is 0 Å². The Morgan fingerprint density at radius 1 is 1.25 bits per heavy atom. The first-order valence-corrected chi connectivity index (χ1v) is 6.86. The van der Waals surface area contributed by atoms with E-state index >= 15 is 0 Å². The highest BCUT2D eigenvalue weighted by atomic mass is 16.6. The van der Waals surface area contributed by atoms with E-state index in [-0.39, 0.29) is 5.91 Å². The second-order valence-corrected chi connectivity index (χ2v) is 5.74. The molecule has 4 heteroatoms. The van der Waals surface area contributed by atoms with Crippen LogP contribution in [-0.2, 0) is 16.0 Å². The van der Waals surface area contributed by atoms with Crippen molar-refractivity contribution in [2.24, 2.45) is 0 Å². The van der Waals surface area contributed by atoms with Gasteiger partial charge in [-0.1, -0.05) is 25.1 Å². The molecule has 1 aromatic rings. The van der Waals surface area contributed by atoms with E-state index in [1.807, 2.05) is 25.1 Å². The van der Waals surface area contributed by atoms with Crippen molar-refractivity contribution in [2.75, 3.05) is 0 Å². The molecule has 20 heavy (non-hydrogen) atoms. The molecule has 1 N–H and O–H groups in total. The van der Waals surface area contributed by atoms with Crippen molar-refractivity contribution in [2.45, 2.75) is 52.7 Å². The first-order valence-electron chi connectivity index (χ1n) is 6.86. The molecule has 0 bridgehead atoms. The van der Waals surface area contributed by atoms with Crippen LogP contribution in [0.2, 0.25) is 0 Å². The molecule has 0 aromatic heterocycles. The van der Waals surface area contributed by atoms with Gasteiger partial charge in [0.05, 0.1) is 0 Å². The summed E-state index contributed by atoms with van der Waals surface area (Å²) in [5.41, 5.74) is 1.00. The number of aryl methyl sites for hydroxylation is 1. The Kier molecular flexibility index (Phi) is 5.31. The third kappa shape index (κ3) is 4.68. The molecule has 1 atom stereocenters. The van der Waals surface area contributed by atoms with Gasteiger partial charge in [0, 0.05) is 5.56 Å². The van der Waals surface area contributed by atoms with E-state index in [9.17, 15) is 9.59 Å². The van der Waals surface area contributed by atoms with E-state index in [0.717, 1.165) is 12.0 Å². The van der Waals surface area contributed by atoms with Gasteiger partial charge in [0.25, 0.3) is 5.91 Å². The maximum absolute atomic E-state index is 12.2. The van der Waals surface area contributed by atoms with Crippen LogP contribution in [-0.4, -0.2) is 23.5 Å². The monoisotopic (exact) mass is 277 g/mol. The van der Waals surface area contributed by atoms with Crippen LogP contribution in [0.5, 0.6) is 0 Å². The Balaban J connectivity index is 2.73. The molecule has 1 rings (SSSR count). The summed E-state index contributed by atoms with van der Waals surface area (Å²) in [7, 11) is 0. The van der Waals surface area contributed by atoms with Gasteiger partial charge in [-0.05, 0) is 45.7 Å². The summed E-state index contributed by atoms with van der Waals surface area (Å²) in [6, 6.07) is 6.70. The van der Waals surface area contributed by atoms with E-state index in [1.165, 1.54) is 0 Å². The van der Waals surface area contributed by atoms with Crippen LogP contribution in [0.3, 0.4) is 0 Å². The molecule has 0 aliphatic rings. The van der Waals surface area contributed by atoms with E-state index in [4.69, 9.17) is 4.74 Å². The largest absolute Gasteiger partial charge is 0.458 e. The SMILES string of the molecule is CCc1ccccc1C(=O)N[C@H](C)C(=O)OC(C)(C)C.